The fourth-order valence-corrected chi connectivity index (χ4v) is 2.74. The Kier molecular flexibility index (Phi) is 3.20. The molecule has 4 N–H and O–H groups in total. The second-order valence-corrected chi connectivity index (χ2v) is 4.99. The van der Waals surface area contributed by atoms with E-state index in [2.05, 4.69) is 9.69 Å². The number of methoxy groups -OCH3 is 1. The number of nitrogens with zero attached hydrogens (tertiary/aromatic N) is 1. The Morgan fingerprint density at radius 2 is 2.25 bits per heavy atom. The monoisotopic (exact) mass is 243 g/mol. The summed E-state index contributed by atoms with van der Waals surface area (Å²) in [6.45, 7) is 0.533. The van der Waals surface area contributed by atoms with Crippen molar-refractivity contribution >= 4 is 22.4 Å². The van der Waals surface area contributed by atoms with Gasteiger partial charge in [0.25, 0.3) is 0 Å². The maximum absolute atomic E-state index is 10.2. The largest absolute Gasteiger partial charge is 0.490 e. The van der Waals surface area contributed by atoms with Gasteiger partial charge in [-0.15, -0.1) is 0 Å². The van der Waals surface area contributed by atoms with Gasteiger partial charge in [-0.1, -0.05) is 12.8 Å². The molecule has 0 bridgehead atoms. The fraction of sp³-hybridized carbons (Fsp3) is 0.700. The average Bonchev–Trinajstić information content (AvgIpc) is 2.83. The number of hydrogen-bond donors (Lipinski definition) is 3. The molecule has 1 aliphatic rings. The lowest BCUT2D eigenvalue weighted by Gasteiger charge is -2.22. The summed E-state index contributed by atoms with van der Waals surface area (Å²) < 4.78 is 9.15. The van der Waals surface area contributed by atoms with Gasteiger partial charge in [0.15, 0.2) is 16.6 Å². The van der Waals surface area contributed by atoms with E-state index in [-0.39, 0.29) is 0 Å². The number of nitrogens with one attached hydrogen (secondary N) is 1. The minimum atomic E-state index is -0.580. The summed E-state index contributed by atoms with van der Waals surface area (Å²) in [6, 6.07) is 0. The zero-order valence-corrected chi connectivity index (χ0v) is 10.1. The van der Waals surface area contributed by atoms with Crippen molar-refractivity contribution in [2.24, 2.45) is 0 Å². The molecule has 0 atom stereocenters. The highest BCUT2D eigenvalue weighted by molar-refractivity contribution is 7.11. The number of hydrogen-bond acceptors (Lipinski definition) is 6. The van der Waals surface area contributed by atoms with Crippen LogP contribution in [-0.4, -0.2) is 28.7 Å². The molecule has 0 saturated heterocycles. The van der Waals surface area contributed by atoms with Crippen molar-refractivity contribution in [3.05, 3.63) is 0 Å². The Hall–Kier alpha value is -1.01. The Bertz CT molecular complexity index is 361. The first kappa shape index (κ1) is 11.5. The van der Waals surface area contributed by atoms with Gasteiger partial charge in [0.05, 0.1) is 12.7 Å². The minimum Gasteiger partial charge on any atom is -0.490 e. The molecule has 5 nitrogen and oxygen atoms in total. The van der Waals surface area contributed by atoms with E-state index in [0.717, 1.165) is 30.7 Å². The van der Waals surface area contributed by atoms with E-state index in [1.165, 1.54) is 11.5 Å². The van der Waals surface area contributed by atoms with Crippen molar-refractivity contribution < 1.29 is 9.84 Å². The van der Waals surface area contributed by atoms with E-state index in [1.807, 2.05) is 0 Å². The van der Waals surface area contributed by atoms with Crippen molar-refractivity contribution in [1.82, 2.24) is 4.37 Å². The summed E-state index contributed by atoms with van der Waals surface area (Å²) in [5.74, 6) is 0.972. The number of nitrogens with two attached hydrogens (primary N) is 1. The third-order valence-corrected chi connectivity index (χ3v) is 3.79. The quantitative estimate of drug-likeness (QED) is 0.746. The van der Waals surface area contributed by atoms with Gasteiger partial charge in [0.1, 0.15) is 0 Å². The average molecular weight is 243 g/mol. The van der Waals surface area contributed by atoms with E-state index in [4.69, 9.17) is 10.5 Å². The lowest BCUT2D eigenvalue weighted by Crippen LogP contribution is -2.33. The first-order valence-electron chi connectivity index (χ1n) is 5.40. The van der Waals surface area contributed by atoms with Crippen LogP contribution in [0.2, 0.25) is 0 Å². The van der Waals surface area contributed by atoms with Crippen LogP contribution in [0.1, 0.15) is 25.7 Å². The summed E-state index contributed by atoms with van der Waals surface area (Å²) in [5.41, 5.74) is 5.06. The molecule has 1 aliphatic carbocycles. The van der Waals surface area contributed by atoms with Gasteiger partial charge in [-0.05, 0) is 24.4 Å². The normalized spacial score (nSPS) is 18.6. The fourth-order valence-electron chi connectivity index (χ4n) is 2.06. The molecule has 90 valence electrons. The highest BCUT2D eigenvalue weighted by Gasteiger charge is 2.31. The molecular weight excluding hydrogens is 226 g/mol. The molecule has 0 aliphatic heterocycles. The Morgan fingerprint density at radius 1 is 1.56 bits per heavy atom. The maximum Gasteiger partial charge on any atom is 0.197 e. The Morgan fingerprint density at radius 3 is 2.88 bits per heavy atom. The number of rotatable bonds is 4. The molecule has 1 fully saturated rings. The zero-order chi connectivity index (χ0) is 11.6. The standard InChI is InChI=1S/C10H17N3O2S/c1-15-7-8(11)13-16-9(7)12-6-10(14)4-2-3-5-10/h12,14H,2-6H2,1H3,(H2,11,13). The summed E-state index contributed by atoms with van der Waals surface area (Å²) in [5, 5.41) is 14.1. The van der Waals surface area contributed by atoms with E-state index < -0.39 is 5.60 Å². The number of anilines is 2. The van der Waals surface area contributed by atoms with Crippen LogP contribution in [0.25, 0.3) is 0 Å². The minimum absolute atomic E-state index is 0.397. The maximum atomic E-state index is 10.2. The lowest BCUT2D eigenvalue weighted by molar-refractivity contribution is 0.0615. The third kappa shape index (κ3) is 2.22. The summed E-state index contributed by atoms with van der Waals surface area (Å²) in [6.07, 6.45) is 3.91. The van der Waals surface area contributed by atoms with Crippen LogP contribution in [0.15, 0.2) is 0 Å². The molecule has 0 spiro atoms. The highest BCUT2D eigenvalue weighted by atomic mass is 32.1. The zero-order valence-electron chi connectivity index (χ0n) is 9.32. The predicted molar refractivity (Wildman–Crippen MR) is 65.0 cm³/mol. The van der Waals surface area contributed by atoms with E-state index in [0.29, 0.717) is 18.1 Å². The highest BCUT2D eigenvalue weighted by Crippen LogP contribution is 2.36. The van der Waals surface area contributed by atoms with Crippen molar-refractivity contribution in [2.45, 2.75) is 31.3 Å². The number of aliphatic hydroxyl groups is 1. The lowest BCUT2D eigenvalue weighted by atomic mass is 10.0. The van der Waals surface area contributed by atoms with Crippen molar-refractivity contribution in [2.75, 3.05) is 24.7 Å². The third-order valence-electron chi connectivity index (χ3n) is 2.99. The molecule has 1 saturated carbocycles. The van der Waals surface area contributed by atoms with Crippen molar-refractivity contribution in [1.29, 1.82) is 0 Å². The molecule has 0 amide bonds. The molecule has 0 aromatic carbocycles. The van der Waals surface area contributed by atoms with Gasteiger partial charge < -0.3 is 20.9 Å². The van der Waals surface area contributed by atoms with E-state index in [1.54, 1.807) is 7.11 Å². The molecule has 0 radical (unpaired) electrons. The van der Waals surface area contributed by atoms with Gasteiger partial charge in [-0.3, -0.25) is 0 Å². The van der Waals surface area contributed by atoms with E-state index in [9.17, 15) is 5.11 Å². The van der Waals surface area contributed by atoms with Gasteiger partial charge in [-0.2, -0.15) is 4.37 Å². The molecule has 1 aromatic rings. The Balaban J connectivity index is 1.98. The smallest absolute Gasteiger partial charge is 0.197 e. The topological polar surface area (TPSA) is 80.4 Å². The van der Waals surface area contributed by atoms with Crippen LogP contribution in [0.4, 0.5) is 10.8 Å². The second-order valence-electron chi connectivity index (χ2n) is 4.22. The first-order chi connectivity index (χ1) is 7.64. The molecule has 2 rings (SSSR count). The second kappa shape index (κ2) is 4.47. The van der Waals surface area contributed by atoms with Crippen molar-refractivity contribution in [3.63, 3.8) is 0 Å². The van der Waals surface area contributed by atoms with Crippen LogP contribution < -0.4 is 15.8 Å². The molecule has 0 unspecified atom stereocenters. The van der Waals surface area contributed by atoms with Gasteiger partial charge in [0, 0.05) is 6.54 Å². The van der Waals surface area contributed by atoms with Crippen LogP contribution in [-0.2, 0) is 0 Å². The van der Waals surface area contributed by atoms with Gasteiger partial charge >= 0.3 is 0 Å². The number of ether oxygens (including phenoxy) is 1. The molecule has 6 heteroatoms. The SMILES string of the molecule is COc1c(N)nsc1NCC1(O)CCCC1. The number of aromatic nitrogens is 1. The van der Waals surface area contributed by atoms with Crippen LogP contribution in [0.5, 0.6) is 5.75 Å². The molecule has 1 aromatic heterocycles. The van der Waals surface area contributed by atoms with Gasteiger partial charge in [0.2, 0.25) is 0 Å². The van der Waals surface area contributed by atoms with Gasteiger partial charge in [-0.25, -0.2) is 0 Å². The van der Waals surface area contributed by atoms with Crippen LogP contribution in [0.3, 0.4) is 0 Å². The van der Waals surface area contributed by atoms with E-state index >= 15 is 0 Å². The predicted octanol–water partition coefficient (Wildman–Crippen LogP) is 1.45. The summed E-state index contributed by atoms with van der Waals surface area (Å²) in [4.78, 5) is 0. The summed E-state index contributed by atoms with van der Waals surface area (Å²) in [7, 11) is 1.57. The van der Waals surface area contributed by atoms with Crippen LogP contribution in [0, 0.1) is 0 Å². The van der Waals surface area contributed by atoms with Crippen LogP contribution >= 0.6 is 11.5 Å². The molecule has 16 heavy (non-hydrogen) atoms. The molecular formula is C10H17N3O2S. The Labute approximate surface area is 98.8 Å². The number of nitrogen functional groups attached to an aromatic ring is 1. The van der Waals surface area contributed by atoms with Crippen molar-refractivity contribution in [3.8, 4) is 5.75 Å². The summed E-state index contributed by atoms with van der Waals surface area (Å²) >= 11 is 1.26. The first-order valence-corrected chi connectivity index (χ1v) is 6.17. The molecule has 1 heterocycles.